The molecule has 2 aliphatic heterocycles. The maximum absolute atomic E-state index is 13.4. The molecule has 0 saturated carbocycles. The number of halogens is 2. The monoisotopic (exact) mass is 480 g/mol. The van der Waals surface area contributed by atoms with Crippen molar-refractivity contribution in [3.8, 4) is 0 Å². The Morgan fingerprint density at radius 2 is 1.69 bits per heavy atom. The Morgan fingerprint density at radius 1 is 1.03 bits per heavy atom. The first-order chi connectivity index (χ1) is 15.3. The Labute approximate surface area is 192 Å². The molecule has 1 aromatic heterocycles. The highest BCUT2D eigenvalue weighted by Gasteiger charge is 2.34. The second kappa shape index (κ2) is 9.82. The van der Waals surface area contributed by atoms with Gasteiger partial charge in [0, 0.05) is 64.1 Å². The number of rotatable bonds is 5. The fraction of sp³-hybridized carbons (Fsp3) is 0.455. The van der Waals surface area contributed by atoms with E-state index in [9.17, 15) is 17.6 Å². The Balaban J connectivity index is 1.29. The van der Waals surface area contributed by atoms with Crippen molar-refractivity contribution >= 4 is 27.5 Å². The number of sulfonamides is 1. The minimum atomic E-state index is -3.77. The number of hydrogen-bond donors (Lipinski definition) is 0. The number of hydrogen-bond acceptors (Lipinski definition) is 5. The molecule has 0 atom stereocenters. The van der Waals surface area contributed by atoms with E-state index in [0.29, 0.717) is 25.9 Å². The smallest absolute Gasteiger partial charge is 0.243 e. The van der Waals surface area contributed by atoms with Crippen LogP contribution in [0, 0.1) is 11.7 Å². The number of pyridine rings is 1. The van der Waals surface area contributed by atoms with Crippen molar-refractivity contribution in [3.05, 3.63) is 59.1 Å². The fourth-order valence-electron chi connectivity index (χ4n) is 4.26. The van der Waals surface area contributed by atoms with Crippen molar-refractivity contribution in [2.45, 2.75) is 24.3 Å². The lowest BCUT2D eigenvalue weighted by Gasteiger charge is -2.38. The molecule has 1 amide bonds. The number of piperidine rings is 1. The number of aromatic nitrogens is 1. The quantitative estimate of drug-likeness (QED) is 0.657. The van der Waals surface area contributed by atoms with Crippen LogP contribution in [0.4, 0.5) is 4.39 Å². The number of piperazine rings is 1. The molecule has 4 rings (SSSR count). The van der Waals surface area contributed by atoms with Gasteiger partial charge in [-0.2, -0.15) is 4.31 Å². The minimum Gasteiger partial charge on any atom is -0.340 e. The predicted octanol–water partition coefficient (Wildman–Crippen LogP) is 2.62. The van der Waals surface area contributed by atoms with Crippen molar-refractivity contribution in [2.75, 3.05) is 39.3 Å². The van der Waals surface area contributed by atoms with Crippen LogP contribution >= 0.6 is 11.6 Å². The van der Waals surface area contributed by atoms with E-state index in [0.717, 1.165) is 31.8 Å². The van der Waals surface area contributed by atoms with Gasteiger partial charge in [0.15, 0.2) is 0 Å². The van der Waals surface area contributed by atoms with Crippen LogP contribution < -0.4 is 0 Å². The number of nitrogens with zero attached hydrogens (tertiary/aromatic N) is 4. The molecule has 1 aromatic carbocycles. The SMILES string of the molecule is O=C(C1CCN(S(=O)(=O)c2ccc(F)c(Cl)c2)CC1)N1CCN(Cc2ccncc2)CC1. The summed E-state index contributed by atoms with van der Waals surface area (Å²) in [7, 11) is -3.77. The minimum absolute atomic E-state index is 0.0287. The van der Waals surface area contributed by atoms with Gasteiger partial charge < -0.3 is 4.90 Å². The van der Waals surface area contributed by atoms with Crippen LogP contribution in [-0.4, -0.2) is 72.7 Å². The molecule has 32 heavy (non-hydrogen) atoms. The summed E-state index contributed by atoms with van der Waals surface area (Å²) in [4.78, 5) is 21.2. The number of carbonyl (C=O) groups is 1. The van der Waals surface area contributed by atoms with E-state index in [1.165, 1.54) is 15.9 Å². The first kappa shape index (κ1) is 23.1. The second-order valence-electron chi connectivity index (χ2n) is 8.21. The third-order valence-corrected chi connectivity index (χ3v) is 8.36. The highest BCUT2D eigenvalue weighted by atomic mass is 35.5. The van der Waals surface area contributed by atoms with Crippen LogP contribution in [-0.2, 0) is 21.4 Å². The van der Waals surface area contributed by atoms with Gasteiger partial charge >= 0.3 is 0 Å². The van der Waals surface area contributed by atoms with E-state index < -0.39 is 15.8 Å². The number of carbonyl (C=O) groups excluding carboxylic acids is 1. The molecule has 3 heterocycles. The van der Waals surface area contributed by atoms with Gasteiger partial charge in [0.25, 0.3) is 0 Å². The van der Waals surface area contributed by atoms with E-state index in [2.05, 4.69) is 9.88 Å². The van der Waals surface area contributed by atoms with Crippen molar-refractivity contribution in [2.24, 2.45) is 5.92 Å². The highest BCUT2D eigenvalue weighted by Crippen LogP contribution is 2.27. The standard InChI is InChI=1S/C22H26ClFN4O3S/c23-20-15-19(1-2-21(20)24)32(30,31)28-9-5-18(6-10-28)22(29)27-13-11-26(12-14-27)16-17-3-7-25-8-4-17/h1-4,7-8,15,18H,5-6,9-14,16H2. The molecular formula is C22H26ClFN4O3S. The Bertz CT molecular complexity index is 1050. The van der Waals surface area contributed by atoms with Crippen LogP contribution in [0.25, 0.3) is 0 Å². The molecule has 7 nitrogen and oxygen atoms in total. The van der Waals surface area contributed by atoms with Crippen molar-refractivity contribution in [1.82, 2.24) is 19.1 Å². The first-order valence-corrected chi connectivity index (χ1v) is 12.5. The van der Waals surface area contributed by atoms with Crippen LogP contribution in [0.3, 0.4) is 0 Å². The fourth-order valence-corrected chi connectivity index (χ4v) is 6.00. The van der Waals surface area contributed by atoms with Gasteiger partial charge in [0.1, 0.15) is 5.82 Å². The summed E-state index contributed by atoms with van der Waals surface area (Å²) in [5, 5.41) is -0.223. The Kier molecular flexibility index (Phi) is 7.09. The summed E-state index contributed by atoms with van der Waals surface area (Å²) in [6.45, 7) is 4.34. The van der Waals surface area contributed by atoms with E-state index in [4.69, 9.17) is 11.6 Å². The van der Waals surface area contributed by atoms with Crippen molar-refractivity contribution < 1.29 is 17.6 Å². The van der Waals surface area contributed by atoms with E-state index >= 15 is 0 Å². The summed E-state index contributed by atoms with van der Waals surface area (Å²) >= 11 is 5.75. The first-order valence-electron chi connectivity index (χ1n) is 10.7. The van der Waals surface area contributed by atoms with Gasteiger partial charge in [-0.05, 0) is 48.7 Å². The van der Waals surface area contributed by atoms with Gasteiger partial charge in [-0.3, -0.25) is 14.7 Å². The topological polar surface area (TPSA) is 73.8 Å². The summed E-state index contributed by atoms with van der Waals surface area (Å²) in [5.74, 6) is -0.726. The van der Waals surface area contributed by atoms with Crippen molar-refractivity contribution in [1.29, 1.82) is 0 Å². The van der Waals surface area contributed by atoms with Crippen molar-refractivity contribution in [3.63, 3.8) is 0 Å². The van der Waals surface area contributed by atoms with Gasteiger partial charge in [0.05, 0.1) is 9.92 Å². The number of amides is 1. The summed E-state index contributed by atoms with van der Waals surface area (Å²) < 4.78 is 40.5. The zero-order chi connectivity index (χ0) is 22.7. The second-order valence-corrected chi connectivity index (χ2v) is 10.6. The lowest BCUT2D eigenvalue weighted by atomic mass is 9.96. The summed E-state index contributed by atoms with van der Waals surface area (Å²) in [6.07, 6.45) is 4.52. The van der Waals surface area contributed by atoms with Gasteiger partial charge in [-0.1, -0.05) is 11.6 Å². The zero-order valence-corrected chi connectivity index (χ0v) is 19.2. The highest BCUT2D eigenvalue weighted by molar-refractivity contribution is 7.89. The van der Waals surface area contributed by atoms with Crippen LogP contribution in [0.5, 0.6) is 0 Å². The largest absolute Gasteiger partial charge is 0.340 e. The van der Waals surface area contributed by atoms with Crippen LogP contribution in [0.15, 0.2) is 47.6 Å². The lowest BCUT2D eigenvalue weighted by molar-refractivity contribution is -0.138. The molecule has 172 valence electrons. The van der Waals surface area contributed by atoms with Crippen LogP contribution in [0.1, 0.15) is 18.4 Å². The van der Waals surface area contributed by atoms with Crippen LogP contribution in [0.2, 0.25) is 5.02 Å². The van der Waals surface area contributed by atoms with E-state index in [1.807, 2.05) is 17.0 Å². The molecular weight excluding hydrogens is 455 g/mol. The predicted molar refractivity (Wildman–Crippen MR) is 119 cm³/mol. The number of benzene rings is 1. The third kappa shape index (κ3) is 5.11. The average Bonchev–Trinajstić information content (AvgIpc) is 2.81. The maximum Gasteiger partial charge on any atom is 0.243 e. The molecule has 0 N–H and O–H groups in total. The van der Waals surface area contributed by atoms with Gasteiger partial charge in [-0.25, -0.2) is 12.8 Å². The molecule has 0 bridgehead atoms. The van der Waals surface area contributed by atoms with Gasteiger partial charge in [0.2, 0.25) is 15.9 Å². The molecule has 0 unspecified atom stereocenters. The molecule has 0 spiro atoms. The zero-order valence-electron chi connectivity index (χ0n) is 17.7. The van der Waals surface area contributed by atoms with E-state index in [1.54, 1.807) is 12.4 Å². The maximum atomic E-state index is 13.4. The molecule has 0 radical (unpaired) electrons. The summed E-state index contributed by atoms with van der Waals surface area (Å²) in [6, 6.07) is 7.41. The normalized spacial score (nSPS) is 19.2. The Hall–Kier alpha value is -2.07. The molecule has 2 fully saturated rings. The Morgan fingerprint density at radius 3 is 2.31 bits per heavy atom. The molecule has 0 aliphatic carbocycles. The lowest BCUT2D eigenvalue weighted by Crippen LogP contribution is -2.51. The molecule has 2 aromatic rings. The third-order valence-electron chi connectivity index (χ3n) is 6.17. The molecule has 2 aliphatic rings. The van der Waals surface area contributed by atoms with Gasteiger partial charge in [-0.15, -0.1) is 0 Å². The molecule has 2 saturated heterocycles. The average molecular weight is 481 g/mol. The summed E-state index contributed by atoms with van der Waals surface area (Å²) in [5.41, 5.74) is 1.20. The molecule has 10 heteroatoms. The van der Waals surface area contributed by atoms with E-state index in [-0.39, 0.29) is 34.8 Å².